The standard InChI is InChI=1S/C17H13FN2O4/c1-23-17(22)14(10-2-4-11(18)5-3-10)24-16(21)13-7-9-20-15-12(13)6-8-19-15/h2-9,14H,1H3,(H,19,20). The van der Waals surface area contributed by atoms with E-state index in [1.54, 1.807) is 12.3 Å². The van der Waals surface area contributed by atoms with Gasteiger partial charge in [-0.1, -0.05) is 12.1 Å². The number of hydrogen-bond donors (Lipinski definition) is 1. The normalized spacial score (nSPS) is 11.9. The lowest BCUT2D eigenvalue weighted by Gasteiger charge is -2.16. The van der Waals surface area contributed by atoms with E-state index in [1.165, 1.54) is 43.6 Å². The molecule has 7 heteroatoms. The molecule has 0 aliphatic rings. The second kappa shape index (κ2) is 6.49. The average molecular weight is 328 g/mol. The summed E-state index contributed by atoms with van der Waals surface area (Å²) in [6.45, 7) is 0. The minimum Gasteiger partial charge on any atom is -0.466 e. The number of nitrogens with one attached hydrogen (secondary N) is 1. The summed E-state index contributed by atoms with van der Waals surface area (Å²) in [6, 6.07) is 8.26. The fourth-order valence-electron chi connectivity index (χ4n) is 2.31. The average Bonchev–Trinajstić information content (AvgIpc) is 3.08. The van der Waals surface area contributed by atoms with E-state index >= 15 is 0 Å². The molecule has 0 aliphatic carbocycles. The first kappa shape index (κ1) is 15.7. The topological polar surface area (TPSA) is 81.3 Å². The summed E-state index contributed by atoms with van der Waals surface area (Å²) in [4.78, 5) is 31.4. The molecule has 0 spiro atoms. The van der Waals surface area contributed by atoms with Crippen molar-refractivity contribution >= 4 is 23.0 Å². The molecule has 1 N–H and O–H groups in total. The van der Waals surface area contributed by atoms with Crippen molar-refractivity contribution in [2.45, 2.75) is 6.10 Å². The van der Waals surface area contributed by atoms with Crippen molar-refractivity contribution in [1.29, 1.82) is 0 Å². The van der Waals surface area contributed by atoms with E-state index in [0.29, 0.717) is 16.6 Å². The van der Waals surface area contributed by atoms with Crippen LogP contribution in [0.1, 0.15) is 22.0 Å². The molecule has 3 rings (SSSR count). The number of rotatable bonds is 4. The number of hydrogen-bond acceptors (Lipinski definition) is 5. The summed E-state index contributed by atoms with van der Waals surface area (Å²) >= 11 is 0. The number of methoxy groups -OCH3 is 1. The maximum absolute atomic E-state index is 13.1. The third-order valence-corrected chi connectivity index (χ3v) is 3.49. The summed E-state index contributed by atoms with van der Waals surface area (Å²) in [6.07, 6.45) is 1.82. The van der Waals surface area contributed by atoms with E-state index in [-0.39, 0.29) is 5.56 Å². The van der Waals surface area contributed by atoms with Crippen molar-refractivity contribution in [3.05, 3.63) is 65.7 Å². The molecule has 122 valence electrons. The Morgan fingerprint density at radius 2 is 1.92 bits per heavy atom. The number of carbonyl (C=O) groups is 2. The number of fused-ring (bicyclic) bond motifs is 1. The monoisotopic (exact) mass is 328 g/mol. The molecule has 2 heterocycles. The highest BCUT2D eigenvalue weighted by atomic mass is 19.1. The lowest BCUT2D eigenvalue weighted by molar-refractivity contribution is -0.151. The fraction of sp³-hybridized carbons (Fsp3) is 0.118. The number of aromatic nitrogens is 2. The van der Waals surface area contributed by atoms with Crippen LogP contribution in [0.2, 0.25) is 0 Å². The van der Waals surface area contributed by atoms with E-state index in [4.69, 9.17) is 4.74 Å². The molecule has 1 atom stereocenters. The third-order valence-electron chi connectivity index (χ3n) is 3.49. The van der Waals surface area contributed by atoms with Crippen LogP contribution < -0.4 is 0 Å². The molecule has 0 saturated carbocycles. The number of H-pyrrole nitrogens is 1. The highest BCUT2D eigenvalue weighted by Gasteiger charge is 2.27. The van der Waals surface area contributed by atoms with Crippen LogP contribution in [-0.2, 0) is 14.3 Å². The highest BCUT2D eigenvalue weighted by Crippen LogP contribution is 2.23. The number of ether oxygens (including phenoxy) is 2. The van der Waals surface area contributed by atoms with Crippen LogP contribution in [0, 0.1) is 5.82 Å². The molecular weight excluding hydrogens is 315 g/mol. The zero-order chi connectivity index (χ0) is 17.1. The van der Waals surface area contributed by atoms with Crippen LogP contribution in [0.25, 0.3) is 11.0 Å². The molecule has 0 aliphatic heterocycles. The van der Waals surface area contributed by atoms with Gasteiger partial charge in [0.2, 0.25) is 6.10 Å². The number of aromatic amines is 1. The van der Waals surface area contributed by atoms with Crippen LogP contribution >= 0.6 is 0 Å². The Labute approximate surface area is 136 Å². The zero-order valence-corrected chi connectivity index (χ0v) is 12.7. The van der Waals surface area contributed by atoms with Crippen LogP contribution in [0.5, 0.6) is 0 Å². The van der Waals surface area contributed by atoms with E-state index in [9.17, 15) is 14.0 Å². The van der Waals surface area contributed by atoms with Gasteiger partial charge in [-0.15, -0.1) is 0 Å². The van der Waals surface area contributed by atoms with Gasteiger partial charge in [-0.2, -0.15) is 0 Å². The third kappa shape index (κ3) is 2.96. The molecule has 3 aromatic rings. The van der Waals surface area contributed by atoms with Gasteiger partial charge in [-0.05, 0) is 24.3 Å². The van der Waals surface area contributed by atoms with Crippen molar-refractivity contribution in [3.8, 4) is 0 Å². The van der Waals surface area contributed by atoms with Crippen LogP contribution in [-0.4, -0.2) is 29.0 Å². The summed E-state index contributed by atoms with van der Waals surface area (Å²) in [5.41, 5.74) is 1.11. The van der Waals surface area contributed by atoms with Crippen LogP contribution in [0.3, 0.4) is 0 Å². The van der Waals surface area contributed by atoms with E-state index < -0.39 is 23.9 Å². The number of esters is 2. The van der Waals surface area contributed by atoms with Gasteiger partial charge in [-0.25, -0.2) is 19.0 Å². The van der Waals surface area contributed by atoms with Crippen LogP contribution in [0.15, 0.2) is 48.8 Å². The van der Waals surface area contributed by atoms with Crippen molar-refractivity contribution < 1.29 is 23.5 Å². The lowest BCUT2D eigenvalue weighted by Crippen LogP contribution is -2.21. The van der Waals surface area contributed by atoms with Crippen molar-refractivity contribution in [2.75, 3.05) is 7.11 Å². The van der Waals surface area contributed by atoms with Gasteiger partial charge in [0.15, 0.2) is 0 Å². The van der Waals surface area contributed by atoms with Gasteiger partial charge >= 0.3 is 11.9 Å². The predicted molar refractivity (Wildman–Crippen MR) is 82.7 cm³/mol. The first-order valence-electron chi connectivity index (χ1n) is 7.06. The molecule has 0 radical (unpaired) electrons. The smallest absolute Gasteiger partial charge is 0.351 e. The molecule has 6 nitrogen and oxygen atoms in total. The number of carbonyl (C=O) groups excluding carboxylic acids is 2. The predicted octanol–water partition coefficient (Wildman–Crippen LogP) is 2.77. The highest BCUT2D eigenvalue weighted by molar-refractivity contribution is 6.03. The minimum absolute atomic E-state index is 0.261. The minimum atomic E-state index is -1.29. The summed E-state index contributed by atoms with van der Waals surface area (Å²) in [5, 5.41) is 0.574. The second-order valence-corrected chi connectivity index (χ2v) is 4.96. The Bertz CT molecular complexity index is 889. The Morgan fingerprint density at radius 3 is 2.62 bits per heavy atom. The van der Waals surface area contributed by atoms with Gasteiger partial charge in [0.25, 0.3) is 0 Å². The Balaban J connectivity index is 1.92. The Morgan fingerprint density at radius 1 is 1.17 bits per heavy atom. The first-order chi connectivity index (χ1) is 11.6. The molecule has 0 fully saturated rings. The van der Waals surface area contributed by atoms with Gasteiger partial charge in [0.1, 0.15) is 11.5 Å². The first-order valence-corrected chi connectivity index (χ1v) is 7.06. The molecule has 0 saturated heterocycles. The molecule has 2 aromatic heterocycles. The molecule has 1 unspecified atom stereocenters. The van der Waals surface area contributed by atoms with E-state index in [0.717, 1.165) is 0 Å². The second-order valence-electron chi connectivity index (χ2n) is 4.96. The SMILES string of the molecule is COC(=O)C(OC(=O)c1ccnc2[nH]ccc12)c1ccc(F)cc1. The van der Waals surface area contributed by atoms with Crippen molar-refractivity contribution in [1.82, 2.24) is 9.97 Å². The molecule has 0 bridgehead atoms. The number of nitrogens with zero attached hydrogens (tertiary/aromatic N) is 1. The quantitative estimate of drug-likeness (QED) is 0.745. The number of benzene rings is 1. The Kier molecular flexibility index (Phi) is 4.24. The Hall–Kier alpha value is -3.22. The van der Waals surface area contributed by atoms with E-state index in [2.05, 4.69) is 14.7 Å². The van der Waals surface area contributed by atoms with Crippen molar-refractivity contribution in [3.63, 3.8) is 0 Å². The summed E-state index contributed by atoms with van der Waals surface area (Å²) < 4.78 is 23.1. The molecule has 0 amide bonds. The summed E-state index contributed by atoms with van der Waals surface area (Å²) in [5.74, 6) is -1.92. The van der Waals surface area contributed by atoms with Gasteiger partial charge in [-0.3, -0.25) is 0 Å². The maximum atomic E-state index is 13.1. The largest absolute Gasteiger partial charge is 0.466 e. The van der Waals surface area contributed by atoms with Crippen LogP contribution in [0.4, 0.5) is 4.39 Å². The zero-order valence-electron chi connectivity index (χ0n) is 12.7. The van der Waals surface area contributed by atoms with E-state index in [1.807, 2.05) is 0 Å². The van der Waals surface area contributed by atoms with Gasteiger partial charge in [0, 0.05) is 23.3 Å². The maximum Gasteiger partial charge on any atom is 0.351 e. The molecular formula is C17H13FN2O4. The fourth-order valence-corrected chi connectivity index (χ4v) is 2.31. The lowest BCUT2D eigenvalue weighted by atomic mass is 10.1. The molecule has 1 aromatic carbocycles. The number of pyridine rings is 1. The van der Waals surface area contributed by atoms with Gasteiger partial charge in [0.05, 0.1) is 12.7 Å². The molecule has 24 heavy (non-hydrogen) atoms. The van der Waals surface area contributed by atoms with Crippen molar-refractivity contribution in [2.24, 2.45) is 0 Å². The summed E-state index contributed by atoms with van der Waals surface area (Å²) in [7, 11) is 1.18. The number of halogens is 1. The van der Waals surface area contributed by atoms with Gasteiger partial charge < -0.3 is 14.5 Å².